The van der Waals surface area contributed by atoms with Crippen molar-refractivity contribution >= 4 is 5.78 Å². The van der Waals surface area contributed by atoms with E-state index in [9.17, 15) is 9.90 Å². The highest BCUT2D eigenvalue weighted by atomic mass is 16.7. The van der Waals surface area contributed by atoms with Gasteiger partial charge in [0.05, 0.1) is 0 Å². The van der Waals surface area contributed by atoms with E-state index in [-0.39, 0.29) is 26.4 Å². The summed E-state index contributed by atoms with van der Waals surface area (Å²) in [7, 11) is 2.99. The molecular formula is C25H33NO5. The summed E-state index contributed by atoms with van der Waals surface area (Å²) in [6, 6.07) is 1.89. The van der Waals surface area contributed by atoms with Crippen LogP contribution in [0.25, 0.3) is 0 Å². The highest BCUT2D eigenvalue weighted by Crippen LogP contribution is 2.33. The van der Waals surface area contributed by atoms with Gasteiger partial charge in [-0.15, -0.1) is 0 Å². The lowest BCUT2D eigenvalue weighted by atomic mass is 9.80. The molecular weight excluding hydrogens is 394 g/mol. The number of carbonyl (C=O) groups excluding carboxylic acids is 1. The summed E-state index contributed by atoms with van der Waals surface area (Å²) >= 11 is 0. The van der Waals surface area contributed by atoms with E-state index in [1.165, 1.54) is 27.1 Å². The third kappa shape index (κ3) is 7.45. The first-order chi connectivity index (χ1) is 15.0. The average molecular weight is 428 g/mol. The molecule has 1 saturated carbocycles. The lowest BCUT2D eigenvalue weighted by Gasteiger charge is -2.35. The second-order valence-electron chi connectivity index (χ2n) is 8.04. The number of pyridine rings is 1. The van der Waals surface area contributed by atoms with Gasteiger partial charge < -0.3 is 19.3 Å². The molecule has 0 unspecified atom stereocenters. The second kappa shape index (κ2) is 12.6. The monoisotopic (exact) mass is 427 g/mol. The van der Waals surface area contributed by atoms with Gasteiger partial charge in [-0.2, -0.15) is 0 Å². The number of hydrogen-bond acceptors (Lipinski definition) is 6. The van der Waals surface area contributed by atoms with Crippen molar-refractivity contribution in [3.8, 4) is 23.7 Å². The van der Waals surface area contributed by atoms with Crippen molar-refractivity contribution < 1.29 is 24.1 Å². The van der Waals surface area contributed by atoms with Gasteiger partial charge in [-0.1, -0.05) is 37.5 Å². The largest absolute Gasteiger partial charge is 0.396 e. The molecule has 1 aliphatic carbocycles. The van der Waals surface area contributed by atoms with Crippen LogP contribution in [0.2, 0.25) is 0 Å². The van der Waals surface area contributed by atoms with E-state index < -0.39 is 17.3 Å². The number of Topliss-reactive ketones (excluding diaryl/α,β-unsaturated/α-hetero) is 1. The first-order valence-corrected chi connectivity index (χ1v) is 10.7. The number of rotatable bonds is 11. The number of ketones is 1. The third-order valence-corrected chi connectivity index (χ3v) is 5.51. The molecule has 0 saturated heterocycles. The van der Waals surface area contributed by atoms with Crippen LogP contribution in [0.4, 0.5) is 0 Å². The van der Waals surface area contributed by atoms with E-state index in [4.69, 9.17) is 14.2 Å². The van der Waals surface area contributed by atoms with Crippen molar-refractivity contribution in [1.82, 2.24) is 4.98 Å². The number of hydrogen-bond donors (Lipinski definition) is 1. The van der Waals surface area contributed by atoms with E-state index in [1.807, 2.05) is 13.0 Å². The zero-order chi connectivity index (χ0) is 22.7. The molecule has 6 nitrogen and oxygen atoms in total. The molecule has 1 aromatic heterocycles. The molecule has 0 amide bonds. The fraction of sp³-hybridized carbons (Fsp3) is 0.600. The summed E-state index contributed by atoms with van der Waals surface area (Å²) in [5, 5.41) is 9.87. The Morgan fingerprint density at radius 3 is 2.74 bits per heavy atom. The molecule has 0 radical (unpaired) electrons. The maximum Gasteiger partial charge on any atom is 0.238 e. The Morgan fingerprint density at radius 2 is 2.10 bits per heavy atom. The van der Waals surface area contributed by atoms with Crippen LogP contribution in [0.3, 0.4) is 0 Å². The standard InChI is InChI=1S/C25H33NO5/c1-19-16-26-23(14-22(19)9-6-5-8-21-11-12-21)15-25(20(2)17-27,31-18-30-4)24(28)10-7-13-29-3/h14,16,20-21,27H,5,8,11-13,15,17-18H2,1-4H3/t20-,25+/m0/s1. The average Bonchev–Trinajstić information content (AvgIpc) is 3.60. The Hall–Kier alpha value is -2.22. The molecule has 0 aliphatic heterocycles. The smallest absolute Gasteiger partial charge is 0.238 e. The number of aliphatic hydroxyl groups is 1. The zero-order valence-electron chi connectivity index (χ0n) is 19.0. The molecule has 0 spiro atoms. The SMILES string of the molecule is COCC#CC(=O)[C@](Cc1cc(C#CCCC2CC2)c(C)cn1)(OCOC)[C@@H](C)CO. The molecule has 1 heterocycles. The van der Waals surface area contributed by atoms with Crippen molar-refractivity contribution in [2.75, 3.05) is 34.2 Å². The summed E-state index contributed by atoms with van der Waals surface area (Å²) in [5.74, 6) is 11.7. The molecule has 0 aromatic carbocycles. The lowest BCUT2D eigenvalue weighted by molar-refractivity contribution is -0.173. The number of aliphatic hydroxyl groups excluding tert-OH is 1. The van der Waals surface area contributed by atoms with Crippen molar-refractivity contribution in [2.24, 2.45) is 11.8 Å². The fourth-order valence-electron chi connectivity index (χ4n) is 3.25. The highest BCUT2D eigenvalue weighted by molar-refractivity contribution is 6.02. The van der Waals surface area contributed by atoms with Crippen LogP contribution in [0.1, 0.15) is 49.4 Å². The van der Waals surface area contributed by atoms with Crippen LogP contribution in [0.5, 0.6) is 0 Å². The predicted octanol–water partition coefficient (Wildman–Crippen LogP) is 2.68. The minimum absolute atomic E-state index is 0.109. The van der Waals surface area contributed by atoms with Crippen LogP contribution >= 0.6 is 0 Å². The van der Waals surface area contributed by atoms with Crippen LogP contribution in [-0.2, 0) is 25.4 Å². The van der Waals surface area contributed by atoms with E-state index in [1.54, 1.807) is 13.1 Å². The zero-order valence-corrected chi connectivity index (χ0v) is 19.0. The van der Waals surface area contributed by atoms with Gasteiger partial charge in [0.2, 0.25) is 5.78 Å². The van der Waals surface area contributed by atoms with Gasteiger partial charge in [0.25, 0.3) is 0 Å². The van der Waals surface area contributed by atoms with Crippen molar-refractivity contribution in [3.63, 3.8) is 0 Å². The quantitative estimate of drug-likeness (QED) is 0.332. The number of carbonyl (C=O) groups is 1. The molecule has 0 bridgehead atoms. The van der Waals surface area contributed by atoms with Crippen LogP contribution < -0.4 is 0 Å². The van der Waals surface area contributed by atoms with Crippen LogP contribution in [0.15, 0.2) is 12.3 Å². The lowest BCUT2D eigenvalue weighted by Crippen LogP contribution is -2.51. The third-order valence-electron chi connectivity index (χ3n) is 5.51. The first-order valence-electron chi connectivity index (χ1n) is 10.7. The molecule has 6 heteroatoms. The molecule has 1 fully saturated rings. The van der Waals surface area contributed by atoms with Crippen molar-refractivity contribution in [1.29, 1.82) is 0 Å². The highest BCUT2D eigenvalue weighted by Gasteiger charge is 2.44. The number of methoxy groups -OCH3 is 2. The Morgan fingerprint density at radius 1 is 1.32 bits per heavy atom. The van der Waals surface area contributed by atoms with E-state index in [0.717, 1.165) is 29.9 Å². The van der Waals surface area contributed by atoms with Crippen molar-refractivity contribution in [3.05, 3.63) is 29.1 Å². The first kappa shape index (κ1) is 25.0. The predicted molar refractivity (Wildman–Crippen MR) is 118 cm³/mol. The fourth-order valence-corrected chi connectivity index (χ4v) is 3.25. The normalized spacial score (nSPS) is 15.8. The van der Waals surface area contributed by atoms with Gasteiger partial charge in [-0.05, 0) is 36.8 Å². The van der Waals surface area contributed by atoms with Gasteiger partial charge in [0, 0.05) is 57.0 Å². The number of ether oxygens (including phenoxy) is 3. The summed E-state index contributed by atoms with van der Waals surface area (Å²) in [5.41, 5.74) is 1.11. The Labute approximate surface area is 185 Å². The molecule has 168 valence electrons. The molecule has 2 rings (SSSR count). The van der Waals surface area contributed by atoms with Gasteiger partial charge >= 0.3 is 0 Å². The minimum Gasteiger partial charge on any atom is -0.396 e. The molecule has 2 atom stereocenters. The van der Waals surface area contributed by atoms with Gasteiger partial charge in [-0.25, -0.2) is 0 Å². The topological polar surface area (TPSA) is 77.9 Å². The van der Waals surface area contributed by atoms with E-state index >= 15 is 0 Å². The molecule has 31 heavy (non-hydrogen) atoms. The number of nitrogens with zero attached hydrogens (tertiary/aromatic N) is 1. The van der Waals surface area contributed by atoms with E-state index in [2.05, 4.69) is 28.7 Å². The minimum atomic E-state index is -1.40. The molecule has 1 N–H and O–H groups in total. The van der Waals surface area contributed by atoms with Gasteiger partial charge in [0.1, 0.15) is 13.4 Å². The second-order valence-corrected chi connectivity index (χ2v) is 8.04. The van der Waals surface area contributed by atoms with E-state index in [0.29, 0.717) is 5.69 Å². The summed E-state index contributed by atoms with van der Waals surface area (Å²) in [4.78, 5) is 17.6. The Kier molecular flexibility index (Phi) is 10.2. The van der Waals surface area contributed by atoms with Gasteiger partial charge in [-0.3, -0.25) is 9.78 Å². The Balaban J connectivity index is 2.32. The Bertz CT molecular complexity index is 856. The molecule has 1 aliphatic rings. The van der Waals surface area contributed by atoms with Crippen molar-refractivity contribution in [2.45, 2.75) is 51.6 Å². The number of aryl methyl sites for hydroxylation is 1. The summed E-state index contributed by atoms with van der Waals surface area (Å²) in [6.45, 7) is 3.48. The van der Waals surface area contributed by atoms with Gasteiger partial charge in [0.15, 0.2) is 5.60 Å². The molecule has 1 aromatic rings. The maximum absolute atomic E-state index is 13.1. The maximum atomic E-state index is 13.1. The van der Waals surface area contributed by atoms with Crippen LogP contribution in [0, 0.1) is 42.4 Å². The summed E-state index contributed by atoms with van der Waals surface area (Å²) in [6.07, 6.45) is 6.60. The number of aromatic nitrogens is 1. The van der Waals surface area contributed by atoms with Crippen LogP contribution in [-0.4, -0.2) is 55.7 Å². The summed E-state index contributed by atoms with van der Waals surface area (Å²) < 4.78 is 15.9.